The minimum absolute atomic E-state index is 0.0907. The molecule has 0 bridgehead atoms. The summed E-state index contributed by atoms with van der Waals surface area (Å²) in [5, 5.41) is 5.11. The topological polar surface area (TPSA) is 70.2 Å². The summed E-state index contributed by atoms with van der Waals surface area (Å²) in [7, 11) is 2.14. The summed E-state index contributed by atoms with van der Waals surface area (Å²) in [6.07, 6.45) is 7.58. The van der Waals surface area contributed by atoms with E-state index in [2.05, 4.69) is 45.4 Å². The maximum Gasteiger partial charge on any atom is 0.156 e. The fraction of sp³-hybridized carbons (Fsp3) is 0.250. The van der Waals surface area contributed by atoms with E-state index in [9.17, 15) is 4.79 Å². The van der Waals surface area contributed by atoms with Crippen molar-refractivity contribution in [3.05, 3.63) is 82.6 Å². The molecule has 31 heavy (non-hydrogen) atoms. The first-order valence-corrected chi connectivity index (χ1v) is 10.6. The average molecular weight is 437 g/mol. The maximum absolute atomic E-state index is 11.6. The van der Waals surface area contributed by atoms with Gasteiger partial charge in [-0.1, -0.05) is 17.7 Å². The molecule has 2 aromatic heterocycles. The number of allylic oxidation sites excluding steroid dienone is 2. The van der Waals surface area contributed by atoms with Crippen LogP contribution in [0.4, 0.5) is 5.69 Å². The molecule has 160 valence electrons. The molecule has 1 aliphatic rings. The van der Waals surface area contributed by atoms with Crippen LogP contribution in [0.1, 0.15) is 23.9 Å². The predicted octanol–water partition coefficient (Wildman–Crippen LogP) is 4.82. The SMILES string of the molecule is CC(=O)/C=C(\C=C/Nc1ccc2c3c([nH]c2c1)CN(C)CC3)OCc1ccc(Cl)cn1. The van der Waals surface area contributed by atoms with Crippen LogP contribution in [0.25, 0.3) is 10.9 Å². The third-order valence-corrected chi connectivity index (χ3v) is 5.41. The molecule has 2 N–H and O–H groups in total. The first-order valence-electron chi connectivity index (χ1n) is 10.2. The van der Waals surface area contributed by atoms with Gasteiger partial charge in [-0.05, 0) is 56.3 Å². The van der Waals surface area contributed by atoms with Gasteiger partial charge in [-0.2, -0.15) is 0 Å². The number of carbonyl (C=O) groups excluding carboxylic acids is 1. The quantitative estimate of drug-likeness (QED) is 0.315. The highest BCUT2D eigenvalue weighted by atomic mass is 35.5. The summed E-state index contributed by atoms with van der Waals surface area (Å²) in [6.45, 7) is 3.77. The molecule has 1 aromatic carbocycles. The van der Waals surface area contributed by atoms with Crippen molar-refractivity contribution in [1.82, 2.24) is 14.9 Å². The van der Waals surface area contributed by atoms with Crippen molar-refractivity contribution >= 4 is 34.0 Å². The Morgan fingerprint density at radius 1 is 1.35 bits per heavy atom. The highest BCUT2D eigenvalue weighted by molar-refractivity contribution is 6.30. The summed E-state index contributed by atoms with van der Waals surface area (Å²) in [5.41, 5.74) is 5.53. The molecule has 6 nitrogen and oxygen atoms in total. The molecule has 4 rings (SSSR count). The van der Waals surface area contributed by atoms with Crippen molar-refractivity contribution in [3.63, 3.8) is 0 Å². The third-order valence-electron chi connectivity index (χ3n) is 5.18. The number of aromatic nitrogens is 2. The van der Waals surface area contributed by atoms with Crippen molar-refractivity contribution in [2.45, 2.75) is 26.5 Å². The molecule has 0 aliphatic carbocycles. The van der Waals surface area contributed by atoms with E-state index in [0.717, 1.165) is 36.4 Å². The summed E-state index contributed by atoms with van der Waals surface area (Å²) in [6, 6.07) is 9.86. The Morgan fingerprint density at radius 3 is 3.00 bits per heavy atom. The van der Waals surface area contributed by atoms with Crippen LogP contribution >= 0.6 is 11.6 Å². The van der Waals surface area contributed by atoms with Crippen LogP contribution in [0.3, 0.4) is 0 Å². The van der Waals surface area contributed by atoms with E-state index in [0.29, 0.717) is 10.8 Å². The molecule has 0 saturated carbocycles. The number of benzene rings is 1. The molecule has 3 heterocycles. The summed E-state index contributed by atoms with van der Waals surface area (Å²) in [4.78, 5) is 21.6. The second kappa shape index (κ2) is 9.37. The van der Waals surface area contributed by atoms with Crippen molar-refractivity contribution in [2.24, 2.45) is 0 Å². The van der Waals surface area contributed by atoms with Gasteiger partial charge in [0, 0.05) is 53.8 Å². The van der Waals surface area contributed by atoms with Gasteiger partial charge in [0.05, 0.1) is 10.7 Å². The molecular formula is C24H25ClN4O2. The Hall–Kier alpha value is -3.09. The number of hydrogen-bond acceptors (Lipinski definition) is 5. The van der Waals surface area contributed by atoms with Crippen LogP contribution < -0.4 is 5.32 Å². The molecule has 3 aromatic rings. The monoisotopic (exact) mass is 436 g/mol. The fourth-order valence-corrected chi connectivity index (χ4v) is 3.79. The number of anilines is 1. The number of nitrogens with zero attached hydrogens (tertiary/aromatic N) is 2. The van der Waals surface area contributed by atoms with Crippen molar-refractivity contribution < 1.29 is 9.53 Å². The van der Waals surface area contributed by atoms with Crippen LogP contribution in [0.2, 0.25) is 5.02 Å². The van der Waals surface area contributed by atoms with E-state index < -0.39 is 0 Å². The van der Waals surface area contributed by atoms with E-state index in [1.165, 1.54) is 29.6 Å². The second-order valence-electron chi connectivity index (χ2n) is 7.72. The number of likely N-dealkylation sites (N-methyl/N-ethyl adjacent to an activating group) is 1. The van der Waals surface area contributed by atoms with Gasteiger partial charge in [-0.15, -0.1) is 0 Å². The van der Waals surface area contributed by atoms with Crippen LogP contribution in [-0.2, 0) is 29.1 Å². The van der Waals surface area contributed by atoms with Gasteiger partial charge in [0.1, 0.15) is 12.4 Å². The summed E-state index contributed by atoms with van der Waals surface area (Å²) < 4.78 is 5.75. The number of H-pyrrole nitrogens is 1. The van der Waals surface area contributed by atoms with E-state index in [1.54, 1.807) is 30.6 Å². The van der Waals surface area contributed by atoms with Crippen LogP contribution in [0, 0.1) is 0 Å². The molecule has 1 aliphatic heterocycles. The van der Waals surface area contributed by atoms with Gasteiger partial charge in [-0.25, -0.2) is 0 Å². The van der Waals surface area contributed by atoms with Crippen LogP contribution in [-0.4, -0.2) is 34.2 Å². The lowest BCUT2D eigenvalue weighted by molar-refractivity contribution is -0.112. The predicted molar refractivity (Wildman–Crippen MR) is 124 cm³/mol. The number of carbonyl (C=O) groups is 1. The average Bonchev–Trinajstić information content (AvgIpc) is 3.09. The Labute approximate surface area is 186 Å². The number of aromatic amines is 1. The third kappa shape index (κ3) is 5.34. The standard InChI is InChI=1S/C24H25ClN4O2/c1-16(30)11-20(31-15-19-4-3-17(25)13-27-19)7-9-26-18-5-6-21-22-8-10-29(2)14-24(22)28-23(21)12-18/h3-7,9,11-13,26,28H,8,10,14-15H2,1-2H3/b9-7-,20-11+. The minimum Gasteiger partial charge on any atom is -0.487 e. The smallest absolute Gasteiger partial charge is 0.156 e. The van der Waals surface area contributed by atoms with Gasteiger partial charge in [0.2, 0.25) is 0 Å². The Balaban J connectivity index is 1.43. The Morgan fingerprint density at radius 2 is 2.23 bits per heavy atom. The van der Waals surface area contributed by atoms with Gasteiger partial charge in [0.25, 0.3) is 0 Å². The minimum atomic E-state index is -0.0907. The number of pyridine rings is 1. The van der Waals surface area contributed by atoms with Gasteiger partial charge >= 0.3 is 0 Å². The molecule has 0 unspecified atom stereocenters. The van der Waals surface area contributed by atoms with Gasteiger partial charge in [0.15, 0.2) is 5.78 Å². The highest BCUT2D eigenvalue weighted by Gasteiger charge is 2.18. The number of ketones is 1. The summed E-state index contributed by atoms with van der Waals surface area (Å²) >= 11 is 5.86. The normalized spacial score (nSPS) is 14.7. The lowest BCUT2D eigenvalue weighted by atomic mass is 10.0. The van der Waals surface area contributed by atoms with Crippen molar-refractivity contribution in [1.29, 1.82) is 0 Å². The molecule has 0 saturated heterocycles. The first kappa shape index (κ1) is 21.2. The second-order valence-corrected chi connectivity index (χ2v) is 8.16. The molecule has 0 amide bonds. The van der Waals surface area contributed by atoms with E-state index >= 15 is 0 Å². The first-order chi connectivity index (χ1) is 15.0. The van der Waals surface area contributed by atoms with E-state index in [4.69, 9.17) is 16.3 Å². The lowest BCUT2D eigenvalue weighted by Gasteiger charge is -2.22. The molecule has 0 radical (unpaired) electrons. The van der Waals surface area contributed by atoms with E-state index in [-0.39, 0.29) is 12.4 Å². The number of hydrogen-bond donors (Lipinski definition) is 2. The Kier molecular flexibility index (Phi) is 6.39. The number of rotatable bonds is 7. The zero-order valence-corrected chi connectivity index (χ0v) is 18.4. The number of ether oxygens (including phenoxy) is 1. The Bertz CT molecular complexity index is 1150. The van der Waals surface area contributed by atoms with E-state index in [1.807, 2.05) is 0 Å². The molecule has 0 atom stereocenters. The number of halogens is 1. The number of fused-ring (bicyclic) bond motifs is 3. The highest BCUT2D eigenvalue weighted by Crippen LogP contribution is 2.29. The van der Waals surface area contributed by atoms with Crippen LogP contribution in [0.15, 0.2) is 60.6 Å². The van der Waals surface area contributed by atoms with Crippen LogP contribution in [0.5, 0.6) is 0 Å². The largest absolute Gasteiger partial charge is 0.487 e. The maximum atomic E-state index is 11.6. The van der Waals surface area contributed by atoms with Crippen molar-refractivity contribution in [2.75, 3.05) is 18.9 Å². The zero-order chi connectivity index (χ0) is 21.8. The molecule has 0 spiro atoms. The number of nitrogens with one attached hydrogen (secondary N) is 2. The lowest BCUT2D eigenvalue weighted by Crippen LogP contribution is -2.26. The molecular weight excluding hydrogens is 412 g/mol. The molecule has 0 fully saturated rings. The van der Waals surface area contributed by atoms with Crippen molar-refractivity contribution in [3.8, 4) is 0 Å². The zero-order valence-electron chi connectivity index (χ0n) is 17.6. The summed E-state index contributed by atoms with van der Waals surface area (Å²) in [5.74, 6) is 0.364. The fourth-order valence-electron chi connectivity index (χ4n) is 3.68. The van der Waals surface area contributed by atoms with Gasteiger partial charge < -0.3 is 19.9 Å². The molecule has 7 heteroatoms. The van der Waals surface area contributed by atoms with Gasteiger partial charge in [-0.3, -0.25) is 9.78 Å².